The van der Waals surface area contributed by atoms with E-state index in [2.05, 4.69) is 65.9 Å². The van der Waals surface area contributed by atoms with Crippen LogP contribution in [0.2, 0.25) is 0 Å². The van der Waals surface area contributed by atoms with Crippen LogP contribution in [-0.2, 0) is 5.41 Å². The van der Waals surface area contributed by atoms with Crippen molar-refractivity contribution in [3.05, 3.63) is 106 Å². The SMILES string of the molecule is O=[N+]([O-])c1ccc(N2N=N[C@@H]3[C@H]4C[C@@H]([C@@H]32)[C@@H]2[C@@H]4C2(c2ccccc2)c2ccccc2)cc1. The maximum atomic E-state index is 11.1. The van der Waals surface area contributed by atoms with Crippen LogP contribution in [0.15, 0.2) is 95.3 Å². The van der Waals surface area contributed by atoms with Gasteiger partial charge in [-0.1, -0.05) is 65.9 Å². The molecule has 0 unspecified atom stereocenters. The first-order valence-corrected chi connectivity index (χ1v) is 11.3. The van der Waals surface area contributed by atoms with E-state index in [9.17, 15) is 10.1 Å². The van der Waals surface area contributed by atoms with Crippen LogP contribution in [0.4, 0.5) is 11.4 Å². The molecule has 0 amide bonds. The largest absolute Gasteiger partial charge is 0.269 e. The summed E-state index contributed by atoms with van der Waals surface area (Å²) in [6.07, 6.45) is 1.19. The lowest BCUT2D eigenvalue weighted by molar-refractivity contribution is -0.384. The molecule has 2 bridgehead atoms. The molecule has 0 aromatic heterocycles. The van der Waals surface area contributed by atoms with Gasteiger partial charge >= 0.3 is 0 Å². The van der Waals surface area contributed by atoms with Gasteiger partial charge in [-0.2, -0.15) is 5.11 Å². The highest BCUT2D eigenvalue weighted by molar-refractivity contribution is 5.57. The maximum Gasteiger partial charge on any atom is 0.269 e. The van der Waals surface area contributed by atoms with Crippen molar-refractivity contribution in [2.75, 3.05) is 5.01 Å². The van der Waals surface area contributed by atoms with E-state index in [0.29, 0.717) is 23.7 Å². The van der Waals surface area contributed by atoms with E-state index in [-0.39, 0.29) is 28.1 Å². The summed E-state index contributed by atoms with van der Waals surface area (Å²) >= 11 is 0. The lowest BCUT2D eigenvalue weighted by Crippen LogP contribution is -2.40. The standard InChI is InChI=1S/C26H22N4O2/c31-30(32)19-13-11-18(12-14-19)29-25-21-15-20(24(25)27-28-29)22-23(21)26(22,16-7-3-1-4-8-16)17-9-5-2-6-10-17/h1-14,20-25H,15H2/t20-,21+,22+,23+,24+,25-/m0/s1. The zero-order valence-electron chi connectivity index (χ0n) is 17.4. The van der Waals surface area contributed by atoms with Crippen molar-refractivity contribution in [1.82, 2.24) is 0 Å². The van der Waals surface area contributed by atoms with Crippen LogP contribution < -0.4 is 5.01 Å². The molecule has 6 heteroatoms. The number of nitro benzene ring substituents is 1. The second-order valence-corrected chi connectivity index (χ2v) is 9.52. The summed E-state index contributed by atoms with van der Waals surface area (Å²) in [5.41, 5.74) is 3.87. The van der Waals surface area contributed by atoms with Gasteiger partial charge in [0.05, 0.1) is 22.7 Å². The Morgan fingerprint density at radius 3 is 2.03 bits per heavy atom. The van der Waals surface area contributed by atoms with Gasteiger partial charge in [0.1, 0.15) is 0 Å². The summed E-state index contributed by atoms with van der Waals surface area (Å²) < 4.78 is 0. The molecule has 32 heavy (non-hydrogen) atoms. The monoisotopic (exact) mass is 422 g/mol. The molecular formula is C26H22N4O2. The van der Waals surface area contributed by atoms with E-state index in [1.165, 1.54) is 17.5 Å². The quantitative estimate of drug-likeness (QED) is 0.417. The number of nitrogens with zero attached hydrogens (tertiary/aromatic N) is 4. The van der Waals surface area contributed by atoms with Crippen LogP contribution in [0.3, 0.4) is 0 Å². The third-order valence-corrected chi connectivity index (χ3v) is 8.42. The van der Waals surface area contributed by atoms with Crippen LogP contribution in [0, 0.1) is 33.8 Å². The van der Waals surface area contributed by atoms with Crippen LogP contribution >= 0.6 is 0 Å². The van der Waals surface area contributed by atoms with Crippen molar-refractivity contribution in [1.29, 1.82) is 0 Å². The molecule has 6 nitrogen and oxygen atoms in total. The van der Waals surface area contributed by atoms with Crippen molar-refractivity contribution in [2.45, 2.75) is 23.9 Å². The maximum absolute atomic E-state index is 11.1. The summed E-state index contributed by atoms with van der Waals surface area (Å²) in [6.45, 7) is 0. The summed E-state index contributed by atoms with van der Waals surface area (Å²) in [6, 6.07) is 29.1. The van der Waals surface area contributed by atoms with Gasteiger partial charge in [0, 0.05) is 17.5 Å². The molecule has 6 atom stereocenters. The molecule has 1 aliphatic heterocycles. The Hall–Kier alpha value is -3.54. The van der Waals surface area contributed by atoms with E-state index in [1.807, 2.05) is 5.01 Å². The number of anilines is 1. The average molecular weight is 422 g/mol. The molecule has 3 saturated carbocycles. The molecule has 0 radical (unpaired) electrons. The Labute approximate surface area is 185 Å². The lowest BCUT2D eigenvalue weighted by Gasteiger charge is -2.29. The molecule has 4 aliphatic rings. The lowest BCUT2D eigenvalue weighted by atomic mass is 9.78. The topological polar surface area (TPSA) is 71.1 Å². The van der Waals surface area contributed by atoms with Crippen LogP contribution in [0.5, 0.6) is 0 Å². The van der Waals surface area contributed by atoms with E-state index in [1.54, 1.807) is 24.3 Å². The van der Waals surface area contributed by atoms with Crippen molar-refractivity contribution < 1.29 is 4.92 Å². The van der Waals surface area contributed by atoms with Crippen LogP contribution in [0.25, 0.3) is 0 Å². The Balaban J connectivity index is 1.28. The summed E-state index contributed by atoms with van der Waals surface area (Å²) in [7, 11) is 0. The number of non-ortho nitro benzene ring substituents is 1. The highest BCUT2D eigenvalue weighted by Gasteiger charge is 2.81. The van der Waals surface area contributed by atoms with Crippen molar-refractivity contribution in [3.63, 3.8) is 0 Å². The van der Waals surface area contributed by atoms with E-state index >= 15 is 0 Å². The zero-order chi connectivity index (χ0) is 21.4. The number of hydrogen-bond acceptors (Lipinski definition) is 5. The Bertz CT molecular complexity index is 1190. The Morgan fingerprint density at radius 1 is 0.844 bits per heavy atom. The second kappa shape index (κ2) is 6.25. The van der Waals surface area contributed by atoms with Gasteiger partial charge in [-0.05, 0) is 53.4 Å². The fraction of sp³-hybridized carbons (Fsp3) is 0.308. The number of nitro groups is 1. The van der Waals surface area contributed by atoms with Crippen molar-refractivity contribution in [3.8, 4) is 0 Å². The number of fused-ring (bicyclic) bond motifs is 8. The zero-order valence-corrected chi connectivity index (χ0v) is 17.4. The summed E-state index contributed by atoms with van der Waals surface area (Å²) in [5, 5.41) is 22.4. The molecule has 0 N–H and O–H groups in total. The first-order chi connectivity index (χ1) is 15.7. The van der Waals surface area contributed by atoms with E-state index in [4.69, 9.17) is 5.11 Å². The highest BCUT2D eigenvalue weighted by Crippen LogP contribution is 2.79. The first-order valence-electron chi connectivity index (χ1n) is 11.3. The minimum atomic E-state index is -0.363. The first kappa shape index (κ1) is 18.1. The van der Waals surface area contributed by atoms with Crippen LogP contribution in [0.1, 0.15) is 17.5 Å². The Kier molecular flexibility index (Phi) is 3.53. The number of rotatable bonds is 4. The number of benzene rings is 3. The van der Waals surface area contributed by atoms with E-state index < -0.39 is 0 Å². The molecule has 0 saturated heterocycles. The second-order valence-electron chi connectivity index (χ2n) is 9.52. The van der Waals surface area contributed by atoms with Gasteiger partial charge < -0.3 is 0 Å². The minimum absolute atomic E-state index is 0.0527. The fourth-order valence-electron chi connectivity index (χ4n) is 7.44. The average Bonchev–Trinajstić information content (AvgIpc) is 3.14. The molecule has 3 aliphatic carbocycles. The van der Waals surface area contributed by atoms with Crippen LogP contribution in [-0.4, -0.2) is 17.0 Å². The molecule has 3 fully saturated rings. The van der Waals surface area contributed by atoms with Crippen molar-refractivity contribution in [2.24, 2.45) is 34.0 Å². The van der Waals surface area contributed by atoms with Gasteiger partial charge in [-0.15, -0.1) is 0 Å². The fourth-order valence-corrected chi connectivity index (χ4v) is 7.44. The number of hydrogen-bond donors (Lipinski definition) is 0. The van der Waals surface area contributed by atoms with E-state index in [0.717, 1.165) is 5.69 Å². The smallest absolute Gasteiger partial charge is 0.258 e. The molecule has 1 heterocycles. The molecule has 3 aromatic rings. The third-order valence-electron chi connectivity index (χ3n) is 8.42. The van der Waals surface area contributed by atoms with Gasteiger partial charge in [0.2, 0.25) is 0 Å². The highest BCUT2D eigenvalue weighted by atomic mass is 16.6. The normalized spacial score (nSPS) is 32.6. The summed E-state index contributed by atoms with van der Waals surface area (Å²) in [5.74, 6) is 2.18. The molecular weight excluding hydrogens is 400 g/mol. The molecule has 3 aromatic carbocycles. The summed E-state index contributed by atoms with van der Waals surface area (Å²) in [4.78, 5) is 10.7. The predicted molar refractivity (Wildman–Crippen MR) is 120 cm³/mol. The van der Waals surface area contributed by atoms with Gasteiger partial charge in [-0.25, -0.2) is 5.01 Å². The van der Waals surface area contributed by atoms with Gasteiger partial charge in [0.15, 0.2) is 0 Å². The van der Waals surface area contributed by atoms with Gasteiger partial charge in [0.25, 0.3) is 5.69 Å². The minimum Gasteiger partial charge on any atom is -0.258 e. The Morgan fingerprint density at radius 2 is 1.44 bits per heavy atom. The van der Waals surface area contributed by atoms with Gasteiger partial charge in [-0.3, -0.25) is 10.1 Å². The third kappa shape index (κ3) is 2.14. The van der Waals surface area contributed by atoms with Crippen molar-refractivity contribution >= 4 is 11.4 Å². The predicted octanol–water partition coefficient (Wildman–Crippen LogP) is 5.40. The molecule has 0 spiro atoms. The molecule has 158 valence electrons. The molecule has 7 rings (SSSR count).